The van der Waals surface area contributed by atoms with Gasteiger partial charge in [-0.1, -0.05) is 11.6 Å². The highest BCUT2D eigenvalue weighted by Crippen LogP contribution is 2.29. The van der Waals surface area contributed by atoms with Crippen molar-refractivity contribution < 1.29 is 13.9 Å². The Bertz CT molecular complexity index is 852. The van der Waals surface area contributed by atoms with Gasteiger partial charge in [0.1, 0.15) is 12.7 Å². The van der Waals surface area contributed by atoms with E-state index in [4.69, 9.17) is 20.8 Å². The molecular weight excluding hydrogens is 332 g/mol. The van der Waals surface area contributed by atoms with Crippen molar-refractivity contribution in [1.82, 2.24) is 20.2 Å². The van der Waals surface area contributed by atoms with E-state index in [0.717, 1.165) is 11.1 Å². The Balaban J connectivity index is 1.89. The van der Waals surface area contributed by atoms with E-state index in [1.807, 2.05) is 6.07 Å². The van der Waals surface area contributed by atoms with Gasteiger partial charge in [0.05, 0.1) is 6.61 Å². The number of nitrogens with zero attached hydrogens (tertiary/aromatic N) is 4. The lowest BCUT2D eigenvalue weighted by molar-refractivity contribution is -0.142. The number of ether oxygens (including phenoxy) is 1. The summed E-state index contributed by atoms with van der Waals surface area (Å²) < 4.78 is 10.4. The minimum absolute atomic E-state index is 0.0687. The monoisotopic (exact) mass is 344 g/mol. The molecule has 0 aliphatic carbocycles. The van der Waals surface area contributed by atoms with Gasteiger partial charge in [-0.25, -0.2) is 9.97 Å². The Morgan fingerprint density at radius 2 is 1.88 bits per heavy atom. The summed E-state index contributed by atoms with van der Waals surface area (Å²) in [5.41, 5.74) is 2.28. The van der Waals surface area contributed by atoms with E-state index in [1.54, 1.807) is 31.5 Å². The lowest BCUT2D eigenvalue weighted by Crippen LogP contribution is -2.07. The molecule has 8 heteroatoms. The molecule has 0 atom stereocenters. The molecule has 0 bridgehead atoms. The molecule has 0 aliphatic heterocycles. The lowest BCUT2D eigenvalue weighted by Gasteiger charge is -2.04. The topological polar surface area (TPSA) is 91.0 Å². The number of benzene rings is 1. The van der Waals surface area contributed by atoms with Crippen molar-refractivity contribution in [3.05, 3.63) is 47.8 Å². The number of aromatic nitrogens is 4. The molecular formula is C16H13ClN4O3. The van der Waals surface area contributed by atoms with Crippen molar-refractivity contribution in [2.75, 3.05) is 6.61 Å². The number of esters is 1. The van der Waals surface area contributed by atoms with Crippen LogP contribution in [0.5, 0.6) is 0 Å². The molecule has 122 valence electrons. The predicted molar refractivity (Wildman–Crippen MR) is 86.1 cm³/mol. The van der Waals surface area contributed by atoms with Crippen LogP contribution in [0.1, 0.15) is 12.8 Å². The largest absolute Gasteiger partial charge is 0.466 e. The number of rotatable bonds is 5. The van der Waals surface area contributed by atoms with Gasteiger partial charge in [-0.15, -0.1) is 10.2 Å². The van der Waals surface area contributed by atoms with Gasteiger partial charge in [0.25, 0.3) is 0 Å². The zero-order valence-corrected chi connectivity index (χ0v) is 13.5. The maximum atomic E-state index is 11.5. The second-order valence-corrected chi connectivity index (χ2v) is 5.27. The van der Waals surface area contributed by atoms with Gasteiger partial charge >= 0.3 is 5.97 Å². The van der Waals surface area contributed by atoms with Crippen molar-refractivity contribution >= 4 is 17.6 Å². The molecule has 3 aromatic rings. The fraction of sp³-hybridized carbons (Fsp3) is 0.188. The number of carbonyl (C=O) groups is 1. The van der Waals surface area contributed by atoms with Crippen LogP contribution in [0.15, 0.2) is 41.3 Å². The smallest absolute Gasteiger partial charge is 0.315 e. The summed E-state index contributed by atoms with van der Waals surface area (Å²) in [6.45, 7) is 2.04. The molecule has 0 radical (unpaired) electrons. The molecule has 1 aromatic carbocycles. The molecule has 24 heavy (non-hydrogen) atoms. The highest BCUT2D eigenvalue weighted by Gasteiger charge is 2.14. The molecule has 2 aromatic heterocycles. The van der Waals surface area contributed by atoms with Crippen molar-refractivity contribution in [2.24, 2.45) is 0 Å². The minimum Gasteiger partial charge on any atom is -0.466 e. The highest BCUT2D eigenvalue weighted by molar-refractivity contribution is 6.31. The Morgan fingerprint density at radius 3 is 2.62 bits per heavy atom. The summed E-state index contributed by atoms with van der Waals surface area (Å²) in [5, 5.41) is 8.33. The number of halogens is 1. The van der Waals surface area contributed by atoms with Gasteiger partial charge < -0.3 is 9.15 Å². The lowest BCUT2D eigenvalue weighted by atomic mass is 10.1. The molecule has 7 nitrogen and oxygen atoms in total. The van der Waals surface area contributed by atoms with Gasteiger partial charge in [-0.3, -0.25) is 4.79 Å². The van der Waals surface area contributed by atoms with Crippen LogP contribution in [0.2, 0.25) is 5.02 Å². The van der Waals surface area contributed by atoms with Gasteiger partial charge in [-0.2, -0.15) is 0 Å². The second-order valence-electron chi connectivity index (χ2n) is 4.84. The first kappa shape index (κ1) is 16.1. The molecule has 0 spiro atoms. The van der Waals surface area contributed by atoms with Gasteiger partial charge in [0, 0.05) is 28.5 Å². The standard InChI is InChI=1S/C16H13ClN4O3/c1-2-23-15(22)6-14-20-21-16(24-14)11-3-10(4-13(17)5-11)12-7-18-9-19-8-12/h3-5,7-9H,2,6H2,1H3. The summed E-state index contributed by atoms with van der Waals surface area (Å²) >= 11 is 6.18. The summed E-state index contributed by atoms with van der Waals surface area (Å²) in [6.07, 6.45) is 4.75. The first-order valence-electron chi connectivity index (χ1n) is 7.20. The number of hydrogen-bond donors (Lipinski definition) is 0. The molecule has 0 unspecified atom stereocenters. The number of hydrogen-bond acceptors (Lipinski definition) is 7. The van der Waals surface area contributed by atoms with Crippen LogP contribution in [0.4, 0.5) is 0 Å². The molecule has 3 rings (SSSR count). The van der Waals surface area contributed by atoms with E-state index in [9.17, 15) is 4.79 Å². The SMILES string of the molecule is CCOC(=O)Cc1nnc(-c2cc(Cl)cc(-c3cncnc3)c2)o1. The molecule has 0 fully saturated rings. The van der Waals surface area contributed by atoms with Crippen molar-refractivity contribution in [1.29, 1.82) is 0 Å². The molecule has 2 heterocycles. The average Bonchev–Trinajstić information content (AvgIpc) is 3.04. The zero-order valence-electron chi connectivity index (χ0n) is 12.8. The first-order valence-corrected chi connectivity index (χ1v) is 7.58. The Labute approximate surface area is 142 Å². The van der Waals surface area contributed by atoms with Crippen LogP contribution in [0.3, 0.4) is 0 Å². The minimum atomic E-state index is -0.416. The maximum absolute atomic E-state index is 11.5. The van der Waals surface area contributed by atoms with Crippen molar-refractivity contribution in [3.63, 3.8) is 0 Å². The third-order valence-electron chi connectivity index (χ3n) is 3.11. The van der Waals surface area contributed by atoms with Crippen molar-refractivity contribution in [3.8, 4) is 22.6 Å². The van der Waals surface area contributed by atoms with E-state index in [-0.39, 0.29) is 18.2 Å². The van der Waals surface area contributed by atoms with Gasteiger partial charge in [-0.05, 0) is 30.7 Å². The van der Waals surface area contributed by atoms with Crippen LogP contribution in [0.25, 0.3) is 22.6 Å². The van der Waals surface area contributed by atoms with Crippen molar-refractivity contribution in [2.45, 2.75) is 13.3 Å². The molecule has 0 amide bonds. The number of carbonyl (C=O) groups excluding carboxylic acids is 1. The fourth-order valence-electron chi connectivity index (χ4n) is 2.11. The molecule has 0 saturated carbocycles. The summed E-state index contributed by atoms with van der Waals surface area (Å²) in [6, 6.07) is 5.34. The van der Waals surface area contributed by atoms with Crippen LogP contribution in [-0.2, 0) is 16.0 Å². The van der Waals surface area contributed by atoms with Crippen LogP contribution in [0, 0.1) is 0 Å². The Morgan fingerprint density at radius 1 is 1.12 bits per heavy atom. The normalized spacial score (nSPS) is 10.6. The van der Waals surface area contributed by atoms with Crippen LogP contribution >= 0.6 is 11.6 Å². The van der Waals surface area contributed by atoms with Gasteiger partial charge in [0.2, 0.25) is 11.8 Å². The molecule has 0 saturated heterocycles. The fourth-order valence-corrected chi connectivity index (χ4v) is 2.34. The highest BCUT2D eigenvalue weighted by atomic mass is 35.5. The quantitative estimate of drug-likeness (QED) is 0.657. The van der Waals surface area contributed by atoms with E-state index in [0.29, 0.717) is 17.2 Å². The molecule has 0 N–H and O–H groups in total. The summed E-state index contributed by atoms with van der Waals surface area (Å²) in [4.78, 5) is 19.4. The third-order valence-corrected chi connectivity index (χ3v) is 3.32. The third kappa shape index (κ3) is 3.75. The molecule has 0 aliphatic rings. The summed E-state index contributed by atoms with van der Waals surface area (Å²) in [7, 11) is 0. The zero-order chi connectivity index (χ0) is 16.9. The second kappa shape index (κ2) is 7.18. The maximum Gasteiger partial charge on any atom is 0.315 e. The first-order chi connectivity index (χ1) is 11.7. The predicted octanol–water partition coefficient (Wildman–Crippen LogP) is 2.95. The summed E-state index contributed by atoms with van der Waals surface area (Å²) in [5.74, 6) is 0.0452. The van der Waals surface area contributed by atoms with Crippen LogP contribution in [-0.4, -0.2) is 32.7 Å². The Kier molecular flexibility index (Phi) is 4.81. The van der Waals surface area contributed by atoms with E-state index < -0.39 is 5.97 Å². The van der Waals surface area contributed by atoms with Crippen LogP contribution < -0.4 is 0 Å². The average molecular weight is 345 g/mol. The van der Waals surface area contributed by atoms with Gasteiger partial charge in [0.15, 0.2) is 0 Å². The Hall–Kier alpha value is -2.80. The van der Waals surface area contributed by atoms with E-state index in [1.165, 1.54) is 6.33 Å². The van der Waals surface area contributed by atoms with E-state index >= 15 is 0 Å². The van der Waals surface area contributed by atoms with E-state index in [2.05, 4.69) is 20.2 Å².